The first-order valence-corrected chi connectivity index (χ1v) is 4.24. The van der Waals surface area contributed by atoms with E-state index in [2.05, 4.69) is 17.6 Å². The Labute approximate surface area is 63.4 Å². The maximum atomic E-state index is 3.50. The summed E-state index contributed by atoms with van der Waals surface area (Å²) in [5, 5.41) is 6.69. The summed E-state index contributed by atoms with van der Waals surface area (Å²) in [5.74, 6) is 0.929. The first-order valence-electron chi connectivity index (χ1n) is 4.24. The van der Waals surface area contributed by atoms with Gasteiger partial charge < -0.3 is 10.6 Å². The van der Waals surface area contributed by atoms with Crippen LogP contribution in [0.4, 0.5) is 0 Å². The van der Waals surface area contributed by atoms with Crippen LogP contribution < -0.4 is 10.6 Å². The lowest BCUT2D eigenvalue weighted by Gasteiger charge is -2.07. The molecule has 0 aromatic carbocycles. The van der Waals surface area contributed by atoms with E-state index in [4.69, 9.17) is 0 Å². The van der Waals surface area contributed by atoms with E-state index in [1.54, 1.807) is 0 Å². The Kier molecular flexibility index (Phi) is 3.16. The molecule has 60 valence electrons. The van der Waals surface area contributed by atoms with E-state index in [1.807, 2.05) is 7.05 Å². The van der Waals surface area contributed by atoms with Crippen molar-refractivity contribution in [2.45, 2.75) is 25.8 Å². The van der Waals surface area contributed by atoms with Crippen LogP contribution in [0.5, 0.6) is 0 Å². The van der Waals surface area contributed by atoms with Crippen molar-refractivity contribution < 1.29 is 0 Å². The zero-order valence-corrected chi connectivity index (χ0v) is 6.98. The summed E-state index contributed by atoms with van der Waals surface area (Å²) in [7, 11) is 2.01. The molecule has 2 N–H and O–H groups in total. The predicted molar refractivity (Wildman–Crippen MR) is 44.1 cm³/mol. The van der Waals surface area contributed by atoms with Gasteiger partial charge in [-0.2, -0.15) is 0 Å². The molecule has 1 fully saturated rings. The summed E-state index contributed by atoms with van der Waals surface area (Å²) in [6, 6.07) is 0.731. The van der Waals surface area contributed by atoms with Crippen LogP contribution in [0.25, 0.3) is 0 Å². The normalized spacial score (nSPS) is 33.0. The Hall–Kier alpha value is -0.0800. The molecule has 0 bridgehead atoms. The first kappa shape index (κ1) is 8.02. The second-order valence-electron chi connectivity index (χ2n) is 3.17. The molecule has 0 aliphatic carbocycles. The minimum atomic E-state index is 0.731. The van der Waals surface area contributed by atoms with E-state index < -0.39 is 0 Å². The van der Waals surface area contributed by atoms with Gasteiger partial charge in [0.15, 0.2) is 0 Å². The molecule has 0 spiro atoms. The zero-order chi connectivity index (χ0) is 7.40. The van der Waals surface area contributed by atoms with Crippen LogP contribution in [0.15, 0.2) is 0 Å². The fourth-order valence-electron chi connectivity index (χ4n) is 1.62. The van der Waals surface area contributed by atoms with Crippen molar-refractivity contribution in [1.29, 1.82) is 0 Å². The topological polar surface area (TPSA) is 24.1 Å². The summed E-state index contributed by atoms with van der Waals surface area (Å²) in [4.78, 5) is 0. The summed E-state index contributed by atoms with van der Waals surface area (Å²) in [6.45, 7) is 4.62. The molecule has 2 unspecified atom stereocenters. The van der Waals surface area contributed by atoms with Crippen LogP contribution in [-0.4, -0.2) is 26.2 Å². The van der Waals surface area contributed by atoms with Gasteiger partial charge in [-0.3, -0.25) is 0 Å². The third-order valence-corrected chi connectivity index (χ3v) is 2.34. The summed E-state index contributed by atoms with van der Waals surface area (Å²) in [5.41, 5.74) is 0. The smallest absolute Gasteiger partial charge is 0.0195 e. The SMILES string of the molecule is CCC1CNC(CNC)C1. The van der Waals surface area contributed by atoms with Crippen molar-refractivity contribution in [2.75, 3.05) is 20.1 Å². The number of likely N-dealkylation sites (N-methyl/N-ethyl adjacent to an activating group) is 1. The molecular formula is C8H18N2. The molecule has 0 amide bonds. The maximum Gasteiger partial charge on any atom is 0.0195 e. The predicted octanol–water partition coefficient (Wildman–Crippen LogP) is 0.594. The largest absolute Gasteiger partial charge is 0.318 e. The molecule has 1 heterocycles. The summed E-state index contributed by atoms with van der Waals surface area (Å²) in [6.07, 6.45) is 2.69. The lowest BCUT2D eigenvalue weighted by molar-refractivity contribution is 0.524. The van der Waals surface area contributed by atoms with Crippen LogP contribution in [0.3, 0.4) is 0 Å². The van der Waals surface area contributed by atoms with Crippen molar-refractivity contribution in [1.82, 2.24) is 10.6 Å². The molecule has 1 rings (SSSR count). The average Bonchev–Trinajstić information content (AvgIpc) is 2.37. The summed E-state index contributed by atoms with van der Waals surface area (Å²) < 4.78 is 0. The number of nitrogens with one attached hydrogen (secondary N) is 2. The Morgan fingerprint density at radius 3 is 2.90 bits per heavy atom. The molecule has 10 heavy (non-hydrogen) atoms. The lowest BCUT2D eigenvalue weighted by atomic mass is 10.0. The van der Waals surface area contributed by atoms with Gasteiger partial charge in [-0.1, -0.05) is 13.3 Å². The van der Waals surface area contributed by atoms with Gasteiger partial charge in [0, 0.05) is 12.6 Å². The molecule has 0 aromatic rings. The average molecular weight is 142 g/mol. The molecule has 0 saturated carbocycles. The molecular weight excluding hydrogens is 124 g/mol. The van der Waals surface area contributed by atoms with Gasteiger partial charge in [0.05, 0.1) is 0 Å². The molecule has 2 nitrogen and oxygen atoms in total. The molecule has 1 aliphatic rings. The van der Waals surface area contributed by atoms with Crippen LogP contribution in [0.2, 0.25) is 0 Å². The highest BCUT2D eigenvalue weighted by atomic mass is 15.0. The van der Waals surface area contributed by atoms with Gasteiger partial charge in [-0.05, 0) is 25.9 Å². The van der Waals surface area contributed by atoms with Crippen LogP contribution in [0.1, 0.15) is 19.8 Å². The van der Waals surface area contributed by atoms with Gasteiger partial charge in [-0.15, -0.1) is 0 Å². The van der Waals surface area contributed by atoms with Crippen LogP contribution in [0, 0.1) is 5.92 Å². The Balaban J connectivity index is 2.15. The molecule has 0 aromatic heterocycles. The summed E-state index contributed by atoms with van der Waals surface area (Å²) >= 11 is 0. The first-order chi connectivity index (χ1) is 4.86. The Morgan fingerprint density at radius 2 is 2.40 bits per heavy atom. The van der Waals surface area contributed by atoms with Crippen molar-refractivity contribution in [3.05, 3.63) is 0 Å². The monoisotopic (exact) mass is 142 g/mol. The third kappa shape index (κ3) is 1.96. The highest BCUT2D eigenvalue weighted by Gasteiger charge is 2.21. The highest BCUT2D eigenvalue weighted by molar-refractivity contribution is 4.81. The maximum absolute atomic E-state index is 3.50. The van der Waals surface area contributed by atoms with Gasteiger partial charge in [0.2, 0.25) is 0 Å². The fraction of sp³-hybridized carbons (Fsp3) is 1.00. The minimum absolute atomic E-state index is 0.731. The van der Waals surface area contributed by atoms with Gasteiger partial charge in [0.25, 0.3) is 0 Å². The van der Waals surface area contributed by atoms with E-state index in [-0.39, 0.29) is 0 Å². The Bertz CT molecular complexity index is 93.3. The van der Waals surface area contributed by atoms with Crippen molar-refractivity contribution >= 4 is 0 Å². The quantitative estimate of drug-likeness (QED) is 0.603. The van der Waals surface area contributed by atoms with E-state index in [1.165, 1.54) is 19.4 Å². The molecule has 2 heteroatoms. The van der Waals surface area contributed by atoms with E-state index in [0.717, 1.165) is 18.5 Å². The van der Waals surface area contributed by atoms with Crippen LogP contribution in [-0.2, 0) is 0 Å². The van der Waals surface area contributed by atoms with Crippen LogP contribution >= 0.6 is 0 Å². The van der Waals surface area contributed by atoms with Gasteiger partial charge >= 0.3 is 0 Å². The van der Waals surface area contributed by atoms with Crippen molar-refractivity contribution in [3.63, 3.8) is 0 Å². The van der Waals surface area contributed by atoms with Crippen molar-refractivity contribution in [2.24, 2.45) is 5.92 Å². The Morgan fingerprint density at radius 1 is 1.60 bits per heavy atom. The number of hydrogen-bond acceptors (Lipinski definition) is 2. The highest BCUT2D eigenvalue weighted by Crippen LogP contribution is 2.15. The second-order valence-corrected chi connectivity index (χ2v) is 3.17. The third-order valence-electron chi connectivity index (χ3n) is 2.34. The van der Waals surface area contributed by atoms with E-state index in [0.29, 0.717) is 0 Å². The fourth-order valence-corrected chi connectivity index (χ4v) is 1.62. The number of rotatable bonds is 3. The standard InChI is InChI=1S/C8H18N2/c1-3-7-4-8(6-9-2)10-5-7/h7-10H,3-6H2,1-2H3. The molecule has 0 radical (unpaired) electrons. The molecule has 2 atom stereocenters. The van der Waals surface area contributed by atoms with Gasteiger partial charge in [0.1, 0.15) is 0 Å². The van der Waals surface area contributed by atoms with E-state index >= 15 is 0 Å². The second kappa shape index (κ2) is 3.94. The minimum Gasteiger partial charge on any atom is -0.318 e. The van der Waals surface area contributed by atoms with Crippen molar-refractivity contribution in [3.8, 4) is 0 Å². The zero-order valence-electron chi connectivity index (χ0n) is 6.98. The van der Waals surface area contributed by atoms with E-state index in [9.17, 15) is 0 Å². The molecule has 1 saturated heterocycles. The van der Waals surface area contributed by atoms with Gasteiger partial charge in [-0.25, -0.2) is 0 Å². The lowest BCUT2D eigenvalue weighted by Crippen LogP contribution is -2.31. The number of hydrogen-bond donors (Lipinski definition) is 2. The molecule has 1 aliphatic heterocycles.